The molecule has 108 valence electrons. The van der Waals surface area contributed by atoms with Gasteiger partial charge in [0.15, 0.2) is 0 Å². The maximum absolute atomic E-state index is 9.82. The molecular weight excluding hydrogens is 240 g/mol. The van der Waals surface area contributed by atoms with Crippen LogP contribution in [-0.4, -0.2) is 25.2 Å². The van der Waals surface area contributed by atoms with Crippen LogP contribution < -0.4 is 0 Å². The largest absolute Gasteiger partial charge is 0.234 e. The van der Waals surface area contributed by atoms with Gasteiger partial charge in [-0.3, -0.25) is 0 Å². The zero-order valence-corrected chi connectivity index (χ0v) is 11.9. The van der Waals surface area contributed by atoms with E-state index in [1.165, 1.54) is 57.8 Å². The van der Waals surface area contributed by atoms with Gasteiger partial charge in [-0.2, -0.15) is 0 Å². The maximum atomic E-state index is 9.82. The van der Waals surface area contributed by atoms with E-state index in [9.17, 15) is 9.59 Å². The minimum absolute atomic E-state index is 0.637. The van der Waals surface area contributed by atoms with Crippen molar-refractivity contribution in [1.82, 2.24) is 0 Å². The van der Waals surface area contributed by atoms with Gasteiger partial charge in [-0.15, -0.1) is 0 Å². The van der Waals surface area contributed by atoms with Crippen molar-refractivity contribution in [2.45, 2.75) is 70.6 Å². The average Bonchev–Trinajstić information content (AvgIpc) is 2.43. The van der Waals surface area contributed by atoms with Crippen molar-refractivity contribution >= 4 is 12.2 Å². The Hall–Kier alpha value is -1.24. The molecule has 4 heteroatoms. The Balaban J connectivity index is 2.98. The van der Waals surface area contributed by atoms with Crippen molar-refractivity contribution in [1.29, 1.82) is 0 Å². The molecule has 0 bridgehead atoms. The normalized spacial score (nSPS) is 9.68. The summed E-state index contributed by atoms with van der Waals surface area (Å²) >= 11 is 0. The number of aliphatic imine (C=N–C) groups is 2. The summed E-state index contributed by atoms with van der Waals surface area (Å²) in [5, 5.41) is 0. The number of hydrogen-bond acceptors (Lipinski definition) is 4. The highest BCUT2D eigenvalue weighted by Gasteiger charge is 1.93. The zero-order valence-electron chi connectivity index (χ0n) is 11.9. The fourth-order valence-corrected chi connectivity index (χ4v) is 2.06. The van der Waals surface area contributed by atoms with Crippen LogP contribution in [0.5, 0.6) is 0 Å². The standard InChI is InChI=1S/C15H26N2O2/c18-14-16-12-10-8-6-4-2-1-3-5-7-9-11-13-17-15-19/h1-13H2. The van der Waals surface area contributed by atoms with Gasteiger partial charge in [-0.1, -0.05) is 57.8 Å². The van der Waals surface area contributed by atoms with Gasteiger partial charge in [-0.25, -0.2) is 19.6 Å². The molecule has 0 saturated heterocycles. The second kappa shape index (κ2) is 16.8. The summed E-state index contributed by atoms with van der Waals surface area (Å²) in [5.41, 5.74) is 0. The first-order valence-corrected chi connectivity index (χ1v) is 7.49. The molecule has 0 aliphatic rings. The van der Waals surface area contributed by atoms with E-state index >= 15 is 0 Å². The van der Waals surface area contributed by atoms with E-state index in [-0.39, 0.29) is 0 Å². The van der Waals surface area contributed by atoms with Crippen LogP contribution in [0.1, 0.15) is 70.6 Å². The third-order valence-corrected chi connectivity index (χ3v) is 3.17. The summed E-state index contributed by atoms with van der Waals surface area (Å²) in [6.45, 7) is 1.27. The molecule has 0 rings (SSSR count). The number of unbranched alkanes of at least 4 members (excludes halogenated alkanes) is 10. The molecule has 0 radical (unpaired) electrons. The van der Waals surface area contributed by atoms with E-state index in [1.54, 1.807) is 12.2 Å². The topological polar surface area (TPSA) is 58.9 Å². The number of isocyanates is 2. The minimum atomic E-state index is 0.637. The molecule has 0 heterocycles. The molecule has 0 aliphatic carbocycles. The lowest BCUT2D eigenvalue weighted by molar-refractivity contribution is 0.544. The SMILES string of the molecule is O=C=NCCCCCCCCCCCCCN=C=O. The first-order valence-electron chi connectivity index (χ1n) is 7.49. The molecule has 0 aliphatic heterocycles. The molecule has 0 aromatic carbocycles. The van der Waals surface area contributed by atoms with Crippen molar-refractivity contribution in [2.75, 3.05) is 13.1 Å². The van der Waals surface area contributed by atoms with Gasteiger partial charge in [0.25, 0.3) is 0 Å². The number of hydrogen-bond donors (Lipinski definition) is 0. The highest BCUT2D eigenvalue weighted by Crippen LogP contribution is 2.11. The Morgan fingerprint density at radius 3 is 1.00 bits per heavy atom. The Morgan fingerprint density at radius 1 is 0.474 bits per heavy atom. The lowest BCUT2D eigenvalue weighted by Gasteiger charge is -2.01. The Bertz CT molecular complexity index is 252. The summed E-state index contributed by atoms with van der Waals surface area (Å²) < 4.78 is 0. The van der Waals surface area contributed by atoms with E-state index in [1.807, 2.05) is 0 Å². The highest BCUT2D eigenvalue weighted by atomic mass is 16.1. The number of carbonyl (C=O) groups excluding carboxylic acids is 2. The monoisotopic (exact) mass is 266 g/mol. The molecule has 0 amide bonds. The van der Waals surface area contributed by atoms with Crippen molar-refractivity contribution in [3.63, 3.8) is 0 Å². The highest BCUT2D eigenvalue weighted by molar-refractivity contribution is 5.32. The van der Waals surface area contributed by atoms with Crippen LogP contribution in [0, 0.1) is 0 Å². The van der Waals surface area contributed by atoms with E-state index < -0.39 is 0 Å². The lowest BCUT2D eigenvalue weighted by atomic mass is 10.1. The van der Waals surface area contributed by atoms with Crippen molar-refractivity contribution in [2.24, 2.45) is 9.98 Å². The second-order valence-corrected chi connectivity index (χ2v) is 4.84. The third kappa shape index (κ3) is 16.8. The summed E-state index contributed by atoms with van der Waals surface area (Å²) in [6.07, 6.45) is 16.5. The van der Waals surface area contributed by atoms with Gasteiger partial charge in [0, 0.05) is 0 Å². The smallest absolute Gasteiger partial charge is 0.211 e. The molecule has 0 unspecified atom stereocenters. The van der Waals surface area contributed by atoms with Crippen LogP contribution in [0.2, 0.25) is 0 Å². The molecule has 0 aromatic rings. The Morgan fingerprint density at radius 2 is 0.737 bits per heavy atom. The molecule has 0 spiro atoms. The maximum Gasteiger partial charge on any atom is 0.234 e. The molecule has 0 aromatic heterocycles. The Labute approximate surface area is 116 Å². The molecular formula is C15H26N2O2. The molecule has 0 saturated carbocycles. The van der Waals surface area contributed by atoms with Crippen LogP contribution in [0.15, 0.2) is 9.98 Å². The molecule has 0 fully saturated rings. The van der Waals surface area contributed by atoms with Gasteiger partial charge in [0.05, 0.1) is 13.1 Å². The van der Waals surface area contributed by atoms with Gasteiger partial charge < -0.3 is 0 Å². The predicted molar refractivity (Wildman–Crippen MR) is 76.8 cm³/mol. The first-order chi connectivity index (χ1) is 9.41. The van der Waals surface area contributed by atoms with E-state index in [0.717, 1.165) is 12.8 Å². The van der Waals surface area contributed by atoms with Crippen molar-refractivity contribution in [3.05, 3.63) is 0 Å². The summed E-state index contributed by atoms with van der Waals surface area (Å²) in [5.74, 6) is 0. The third-order valence-electron chi connectivity index (χ3n) is 3.17. The number of rotatable bonds is 14. The quantitative estimate of drug-likeness (QED) is 0.271. The molecule has 0 N–H and O–H groups in total. The van der Waals surface area contributed by atoms with Crippen molar-refractivity contribution < 1.29 is 9.59 Å². The number of nitrogens with zero attached hydrogens (tertiary/aromatic N) is 2. The van der Waals surface area contributed by atoms with E-state index in [4.69, 9.17) is 0 Å². The lowest BCUT2D eigenvalue weighted by Crippen LogP contribution is -1.85. The minimum Gasteiger partial charge on any atom is -0.211 e. The van der Waals surface area contributed by atoms with Crippen LogP contribution in [-0.2, 0) is 9.59 Å². The van der Waals surface area contributed by atoms with E-state index in [2.05, 4.69) is 9.98 Å². The predicted octanol–water partition coefficient (Wildman–Crippen LogP) is 3.95. The van der Waals surface area contributed by atoms with Gasteiger partial charge in [0.2, 0.25) is 12.2 Å². The first kappa shape index (κ1) is 17.8. The second-order valence-electron chi connectivity index (χ2n) is 4.84. The van der Waals surface area contributed by atoms with Gasteiger partial charge >= 0.3 is 0 Å². The summed E-state index contributed by atoms with van der Waals surface area (Å²) in [4.78, 5) is 26.7. The summed E-state index contributed by atoms with van der Waals surface area (Å²) in [7, 11) is 0. The van der Waals surface area contributed by atoms with E-state index in [0.29, 0.717) is 13.1 Å². The van der Waals surface area contributed by atoms with Crippen molar-refractivity contribution in [3.8, 4) is 0 Å². The molecule has 0 atom stereocenters. The molecule has 19 heavy (non-hydrogen) atoms. The van der Waals surface area contributed by atoms with Crippen LogP contribution in [0.3, 0.4) is 0 Å². The Kier molecular flexibility index (Phi) is 15.7. The van der Waals surface area contributed by atoms with Crippen LogP contribution in [0.25, 0.3) is 0 Å². The fourth-order valence-electron chi connectivity index (χ4n) is 2.06. The van der Waals surface area contributed by atoms with Crippen LogP contribution in [0.4, 0.5) is 0 Å². The molecule has 4 nitrogen and oxygen atoms in total. The van der Waals surface area contributed by atoms with Gasteiger partial charge in [-0.05, 0) is 12.8 Å². The zero-order chi connectivity index (χ0) is 14.0. The fraction of sp³-hybridized carbons (Fsp3) is 0.867. The average molecular weight is 266 g/mol. The van der Waals surface area contributed by atoms with Crippen LogP contribution >= 0.6 is 0 Å². The summed E-state index contributed by atoms with van der Waals surface area (Å²) in [6, 6.07) is 0. The van der Waals surface area contributed by atoms with Gasteiger partial charge in [0.1, 0.15) is 0 Å².